The van der Waals surface area contributed by atoms with Crippen molar-refractivity contribution in [3.05, 3.63) is 66.5 Å². The van der Waals surface area contributed by atoms with Gasteiger partial charge in [0.2, 0.25) is 0 Å². The molecule has 2 aromatic heterocycles. The van der Waals surface area contributed by atoms with Gasteiger partial charge in [0.15, 0.2) is 11.7 Å². The molecule has 0 radical (unpaired) electrons. The number of pyridine rings is 1. The van der Waals surface area contributed by atoms with Crippen LogP contribution < -0.4 is 5.73 Å². The standard InChI is InChI=1S/C19H14FN3O/c20-15-9-16-17(10-18(24)22-16)23-19(15)13-3-1-11(2-4-13)12-5-7-14(21)8-6-12/h1-10,22,24H,21H2. The Morgan fingerprint density at radius 2 is 1.46 bits per heavy atom. The van der Waals surface area contributed by atoms with Crippen LogP contribution in [0.3, 0.4) is 0 Å². The lowest BCUT2D eigenvalue weighted by molar-refractivity contribution is 0.458. The molecule has 5 heteroatoms. The number of rotatable bonds is 2. The third-order valence-corrected chi connectivity index (χ3v) is 3.94. The third-order valence-electron chi connectivity index (χ3n) is 3.94. The van der Waals surface area contributed by atoms with Crippen molar-refractivity contribution >= 4 is 16.7 Å². The van der Waals surface area contributed by atoms with Crippen LogP contribution in [0.1, 0.15) is 0 Å². The summed E-state index contributed by atoms with van der Waals surface area (Å²) in [4.78, 5) is 6.95. The SMILES string of the molecule is Nc1ccc(-c2ccc(-c3nc4cc(O)[nH]c4cc3F)cc2)cc1. The van der Waals surface area contributed by atoms with Crippen molar-refractivity contribution in [2.24, 2.45) is 0 Å². The summed E-state index contributed by atoms with van der Waals surface area (Å²) in [5.41, 5.74) is 10.4. The summed E-state index contributed by atoms with van der Waals surface area (Å²) >= 11 is 0. The van der Waals surface area contributed by atoms with Crippen molar-refractivity contribution < 1.29 is 9.50 Å². The molecular weight excluding hydrogens is 305 g/mol. The number of H-pyrrole nitrogens is 1. The Labute approximate surface area is 137 Å². The van der Waals surface area contributed by atoms with E-state index in [0.29, 0.717) is 22.3 Å². The average Bonchev–Trinajstić information content (AvgIpc) is 2.94. The lowest BCUT2D eigenvalue weighted by Gasteiger charge is -2.06. The Hall–Kier alpha value is -3.34. The maximum Gasteiger partial charge on any atom is 0.190 e. The number of halogens is 1. The van der Waals surface area contributed by atoms with E-state index < -0.39 is 5.82 Å². The molecule has 118 valence electrons. The molecule has 0 aliphatic carbocycles. The molecule has 0 aliphatic rings. The van der Waals surface area contributed by atoms with E-state index in [-0.39, 0.29) is 11.6 Å². The Bertz CT molecular complexity index is 1020. The fraction of sp³-hybridized carbons (Fsp3) is 0. The molecule has 0 saturated heterocycles. The molecule has 0 fully saturated rings. The van der Waals surface area contributed by atoms with Gasteiger partial charge in [-0.05, 0) is 23.3 Å². The van der Waals surface area contributed by atoms with Gasteiger partial charge in [0.1, 0.15) is 5.69 Å². The molecule has 0 aliphatic heterocycles. The summed E-state index contributed by atoms with van der Waals surface area (Å²) in [5, 5.41) is 9.46. The van der Waals surface area contributed by atoms with Crippen LogP contribution in [0.5, 0.6) is 5.88 Å². The fourth-order valence-electron chi connectivity index (χ4n) is 2.72. The first-order valence-corrected chi connectivity index (χ1v) is 7.45. The lowest BCUT2D eigenvalue weighted by Crippen LogP contribution is -1.90. The first-order chi connectivity index (χ1) is 11.6. The van der Waals surface area contributed by atoms with Crippen molar-refractivity contribution in [2.45, 2.75) is 0 Å². The highest BCUT2D eigenvalue weighted by atomic mass is 19.1. The minimum absolute atomic E-state index is 0.0345. The zero-order valence-corrected chi connectivity index (χ0v) is 12.6. The van der Waals surface area contributed by atoms with Crippen molar-refractivity contribution in [1.29, 1.82) is 0 Å². The van der Waals surface area contributed by atoms with E-state index in [1.165, 1.54) is 12.1 Å². The zero-order valence-electron chi connectivity index (χ0n) is 12.6. The van der Waals surface area contributed by atoms with Gasteiger partial charge in [0.05, 0.1) is 11.0 Å². The largest absolute Gasteiger partial charge is 0.495 e. The van der Waals surface area contributed by atoms with Gasteiger partial charge >= 0.3 is 0 Å². The molecule has 24 heavy (non-hydrogen) atoms. The van der Waals surface area contributed by atoms with Gasteiger partial charge in [0.25, 0.3) is 0 Å². The quantitative estimate of drug-likeness (QED) is 0.482. The number of aromatic nitrogens is 2. The summed E-state index contributed by atoms with van der Waals surface area (Å²) in [6.45, 7) is 0. The number of nitrogen functional groups attached to an aromatic ring is 1. The zero-order chi connectivity index (χ0) is 16.7. The number of aromatic amines is 1. The molecule has 4 aromatic rings. The smallest absolute Gasteiger partial charge is 0.190 e. The summed E-state index contributed by atoms with van der Waals surface area (Å²) in [7, 11) is 0. The molecule has 0 unspecified atom stereocenters. The Morgan fingerprint density at radius 1 is 0.875 bits per heavy atom. The Kier molecular flexibility index (Phi) is 3.20. The second kappa shape index (κ2) is 5.38. The maximum atomic E-state index is 14.3. The predicted molar refractivity (Wildman–Crippen MR) is 93.0 cm³/mol. The van der Waals surface area contributed by atoms with Crippen LogP contribution in [-0.4, -0.2) is 15.1 Å². The van der Waals surface area contributed by atoms with Crippen LogP contribution in [0.25, 0.3) is 33.4 Å². The second-order valence-corrected chi connectivity index (χ2v) is 5.61. The average molecular weight is 319 g/mol. The minimum atomic E-state index is -0.440. The minimum Gasteiger partial charge on any atom is -0.495 e. The Morgan fingerprint density at radius 3 is 2.12 bits per heavy atom. The van der Waals surface area contributed by atoms with E-state index >= 15 is 0 Å². The molecule has 4 N–H and O–H groups in total. The topological polar surface area (TPSA) is 74.9 Å². The molecule has 0 spiro atoms. The highest BCUT2D eigenvalue weighted by Gasteiger charge is 2.11. The molecule has 4 nitrogen and oxygen atoms in total. The lowest BCUT2D eigenvalue weighted by atomic mass is 10.0. The van der Waals surface area contributed by atoms with Gasteiger partial charge < -0.3 is 15.8 Å². The van der Waals surface area contributed by atoms with Crippen molar-refractivity contribution in [2.75, 3.05) is 5.73 Å². The van der Waals surface area contributed by atoms with Gasteiger partial charge in [-0.3, -0.25) is 0 Å². The number of nitrogens with zero attached hydrogens (tertiary/aromatic N) is 1. The van der Waals surface area contributed by atoms with E-state index in [1.54, 1.807) is 0 Å². The number of nitrogens with two attached hydrogens (primary N) is 1. The van der Waals surface area contributed by atoms with E-state index in [9.17, 15) is 9.50 Å². The number of anilines is 1. The highest BCUT2D eigenvalue weighted by molar-refractivity contribution is 5.81. The first kappa shape index (κ1) is 14.3. The monoisotopic (exact) mass is 319 g/mol. The molecule has 2 heterocycles. The molecule has 4 rings (SSSR count). The van der Waals surface area contributed by atoms with Gasteiger partial charge in [-0.25, -0.2) is 9.37 Å². The van der Waals surface area contributed by atoms with Gasteiger partial charge in [-0.15, -0.1) is 0 Å². The van der Waals surface area contributed by atoms with E-state index in [0.717, 1.165) is 11.1 Å². The summed E-state index contributed by atoms with van der Waals surface area (Å²) in [5.74, 6) is -0.475. The molecule has 0 atom stereocenters. The van der Waals surface area contributed by atoms with Crippen LogP contribution in [0.4, 0.5) is 10.1 Å². The number of nitrogens with one attached hydrogen (secondary N) is 1. The molecular formula is C19H14FN3O. The number of hydrogen-bond donors (Lipinski definition) is 3. The summed E-state index contributed by atoms with van der Waals surface area (Å²) in [6.07, 6.45) is 0. The Balaban J connectivity index is 1.74. The maximum absolute atomic E-state index is 14.3. The van der Waals surface area contributed by atoms with Crippen LogP contribution in [0.15, 0.2) is 60.7 Å². The molecule has 0 bridgehead atoms. The number of aromatic hydroxyl groups is 1. The van der Waals surface area contributed by atoms with Crippen molar-refractivity contribution in [3.8, 4) is 28.3 Å². The van der Waals surface area contributed by atoms with Crippen molar-refractivity contribution in [3.63, 3.8) is 0 Å². The van der Waals surface area contributed by atoms with Gasteiger partial charge in [0, 0.05) is 23.4 Å². The second-order valence-electron chi connectivity index (χ2n) is 5.61. The van der Waals surface area contributed by atoms with E-state index in [4.69, 9.17) is 5.73 Å². The van der Waals surface area contributed by atoms with Crippen LogP contribution in [0.2, 0.25) is 0 Å². The summed E-state index contributed by atoms with van der Waals surface area (Å²) in [6, 6.07) is 17.9. The molecule has 0 saturated carbocycles. The van der Waals surface area contributed by atoms with Crippen LogP contribution >= 0.6 is 0 Å². The van der Waals surface area contributed by atoms with E-state index in [1.807, 2.05) is 48.5 Å². The number of hydrogen-bond acceptors (Lipinski definition) is 3. The summed E-state index contributed by atoms with van der Waals surface area (Å²) < 4.78 is 14.3. The number of fused-ring (bicyclic) bond motifs is 1. The van der Waals surface area contributed by atoms with Crippen molar-refractivity contribution in [1.82, 2.24) is 9.97 Å². The number of benzene rings is 2. The van der Waals surface area contributed by atoms with Crippen LogP contribution in [-0.2, 0) is 0 Å². The normalized spacial score (nSPS) is 11.0. The third kappa shape index (κ3) is 2.46. The van der Waals surface area contributed by atoms with Gasteiger partial charge in [-0.1, -0.05) is 36.4 Å². The fourth-order valence-corrected chi connectivity index (χ4v) is 2.72. The predicted octanol–water partition coefficient (Wildman–Crippen LogP) is 4.32. The van der Waals surface area contributed by atoms with Crippen LogP contribution in [0, 0.1) is 5.82 Å². The molecule has 0 amide bonds. The first-order valence-electron chi connectivity index (χ1n) is 7.45. The van der Waals surface area contributed by atoms with E-state index in [2.05, 4.69) is 9.97 Å². The molecule has 2 aromatic carbocycles. The van der Waals surface area contributed by atoms with Gasteiger partial charge in [-0.2, -0.15) is 0 Å². The highest BCUT2D eigenvalue weighted by Crippen LogP contribution is 2.28.